The van der Waals surface area contributed by atoms with Crippen molar-refractivity contribution in [2.75, 3.05) is 6.61 Å². The second-order valence-corrected chi connectivity index (χ2v) is 4.41. The van der Waals surface area contributed by atoms with E-state index in [-0.39, 0.29) is 0 Å². The maximum Gasteiger partial charge on any atom is 0.0951 e. The summed E-state index contributed by atoms with van der Waals surface area (Å²) in [7, 11) is 0. The molecule has 86 valence electrons. The van der Waals surface area contributed by atoms with Gasteiger partial charge in [-0.15, -0.1) is 0 Å². The Morgan fingerprint density at radius 3 is 2.73 bits per heavy atom. The number of hydroxylamine groups is 1. The molecule has 15 heavy (non-hydrogen) atoms. The summed E-state index contributed by atoms with van der Waals surface area (Å²) in [5, 5.41) is 0. The van der Waals surface area contributed by atoms with Crippen molar-refractivity contribution in [2.45, 2.75) is 40.3 Å². The molecule has 1 heterocycles. The van der Waals surface area contributed by atoms with Gasteiger partial charge in [0.15, 0.2) is 0 Å². The van der Waals surface area contributed by atoms with Gasteiger partial charge in [0.05, 0.1) is 25.2 Å². The Morgan fingerprint density at radius 1 is 1.40 bits per heavy atom. The first-order chi connectivity index (χ1) is 7.11. The van der Waals surface area contributed by atoms with Gasteiger partial charge in [-0.1, -0.05) is 13.8 Å². The zero-order valence-corrected chi connectivity index (χ0v) is 10.0. The second-order valence-electron chi connectivity index (χ2n) is 4.41. The molecule has 0 aliphatic heterocycles. The normalized spacial score (nSPS) is 11.6. The van der Waals surface area contributed by atoms with Crippen molar-refractivity contribution >= 4 is 0 Å². The molecule has 0 radical (unpaired) electrons. The minimum Gasteiger partial charge on any atom is -0.331 e. The molecule has 0 atom stereocenters. The summed E-state index contributed by atoms with van der Waals surface area (Å²) in [4.78, 5) is 9.44. The van der Waals surface area contributed by atoms with E-state index in [0.717, 1.165) is 12.3 Å². The fourth-order valence-corrected chi connectivity index (χ4v) is 1.28. The van der Waals surface area contributed by atoms with Crippen molar-refractivity contribution < 1.29 is 4.84 Å². The molecule has 0 aliphatic rings. The number of rotatable bonds is 6. The average molecular weight is 211 g/mol. The van der Waals surface area contributed by atoms with Crippen molar-refractivity contribution in [2.24, 2.45) is 5.92 Å². The van der Waals surface area contributed by atoms with Crippen LogP contribution in [0.25, 0.3) is 0 Å². The first-order valence-corrected chi connectivity index (χ1v) is 5.46. The first kappa shape index (κ1) is 12.2. The SMILES string of the molecule is CC(C)CONCc1cncn1C(C)C. The van der Waals surface area contributed by atoms with Gasteiger partial charge in [-0.25, -0.2) is 4.98 Å². The third-order valence-corrected chi connectivity index (χ3v) is 2.07. The monoisotopic (exact) mass is 211 g/mol. The molecule has 0 saturated heterocycles. The molecule has 4 nitrogen and oxygen atoms in total. The van der Waals surface area contributed by atoms with Crippen LogP contribution in [0, 0.1) is 5.92 Å². The van der Waals surface area contributed by atoms with E-state index in [4.69, 9.17) is 4.84 Å². The van der Waals surface area contributed by atoms with Crippen molar-refractivity contribution in [1.29, 1.82) is 0 Å². The Labute approximate surface area is 91.6 Å². The third kappa shape index (κ3) is 4.01. The molecule has 0 unspecified atom stereocenters. The highest BCUT2D eigenvalue weighted by Crippen LogP contribution is 2.08. The first-order valence-electron chi connectivity index (χ1n) is 5.46. The maximum atomic E-state index is 5.31. The van der Waals surface area contributed by atoms with Gasteiger partial charge in [-0.3, -0.25) is 0 Å². The van der Waals surface area contributed by atoms with Crippen LogP contribution in [0.3, 0.4) is 0 Å². The number of nitrogens with zero attached hydrogens (tertiary/aromatic N) is 2. The highest BCUT2D eigenvalue weighted by molar-refractivity contribution is 4.98. The lowest BCUT2D eigenvalue weighted by Crippen LogP contribution is -2.19. The molecule has 4 heteroatoms. The Hall–Kier alpha value is -0.870. The lowest BCUT2D eigenvalue weighted by molar-refractivity contribution is 0.0184. The van der Waals surface area contributed by atoms with Crippen molar-refractivity contribution in [1.82, 2.24) is 15.0 Å². The molecule has 0 spiro atoms. The quantitative estimate of drug-likeness (QED) is 0.579. The summed E-state index contributed by atoms with van der Waals surface area (Å²) in [6.07, 6.45) is 3.72. The minimum atomic E-state index is 0.439. The van der Waals surface area contributed by atoms with Crippen LogP contribution in [0.4, 0.5) is 0 Å². The predicted molar refractivity (Wildman–Crippen MR) is 60.2 cm³/mol. The van der Waals surface area contributed by atoms with Crippen molar-refractivity contribution in [3.05, 3.63) is 18.2 Å². The third-order valence-electron chi connectivity index (χ3n) is 2.07. The molecule has 1 aromatic heterocycles. The van der Waals surface area contributed by atoms with Gasteiger partial charge in [0.25, 0.3) is 0 Å². The van der Waals surface area contributed by atoms with E-state index in [1.54, 1.807) is 0 Å². The Kier molecular flexibility index (Phi) is 4.78. The Bertz CT molecular complexity index is 281. The number of hydrogen-bond donors (Lipinski definition) is 1. The van der Waals surface area contributed by atoms with Gasteiger partial charge in [0, 0.05) is 12.2 Å². The van der Waals surface area contributed by atoms with Crippen molar-refractivity contribution in [3.8, 4) is 0 Å². The predicted octanol–water partition coefficient (Wildman–Crippen LogP) is 2.14. The van der Waals surface area contributed by atoms with Gasteiger partial charge in [0.2, 0.25) is 0 Å². The van der Waals surface area contributed by atoms with Crippen LogP contribution in [0.2, 0.25) is 0 Å². The van der Waals surface area contributed by atoms with Crippen LogP contribution in [-0.2, 0) is 11.4 Å². The van der Waals surface area contributed by atoms with Gasteiger partial charge in [-0.05, 0) is 19.8 Å². The average Bonchev–Trinajstić information content (AvgIpc) is 2.60. The molecule has 0 fully saturated rings. The van der Waals surface area contributed by atoms with Crippen LogP contribution in [-0.4, -0.2) is 16.2 Å². The second kappa shape index (κ2) is 5.88. The molecule has 1 rings (SSSR count). The van der Waals surface area contributed by atoms with Crippen molar-refractivity contribution in [3.63, 3.8) is 0 Å². The number of aromatic nitrogens is 2. The molecule has 0 bridgehead atoms. The smallest absolute Gasteiger partial charge is 0.0951 e. The molecule has 1 N–H and O–H groups in total. The maximum absolute atomic E-state index is 5.31. The van der Waals surface area contributed by atoms with E-state index in [1.807, 2.05) is 12.5 Å². The molecule has 0 amide bonds. The van der Waals surface area contributed by atoms with Gasteiger partial charge >= 0.3 is 0 Å². The summed E-state index contributed by atoms with van der Waals surface area (Å²) in [6, 6.07) is 0.439. The number of nitrogens with one attached hydrogen (secondary N) is 1. The number of hydrogen-bond acceptors (Lipinski definition) is 3. The van der Waals surface area contributed by atoms with E-state index in [2.05, 4.69) is 42.7 Å². The van der Waals surface area contributed by atoms with E-state index < -0.39 is 0 Å². The summed E-state index contributed by atoms with van der Waals surface area (Å²) in [5.41, 5.74) is 4.10. The summed E-state index contributed by atoms with van der Waals surface area (Å²) in [6.45, 7) is 9.96. The standard InChI is InChI=1S/C11H21N3O/c1-9(2)7-15-13-6-11-5-12-8-14(11)10(3)4/h5,8-10,13H,6-7H2,1-4H3. The molecular formula is C11H21N3O. The van der Waals surface area contributed by atoms with Crippen LogP contribution in [0.5, 0.6) is 0 Å². The fraction of sp³-hybridized carbons (Fsp3) is 0.727. The van der Waals surface area contributed by atoms with Crippen LogP contribution in [0.15, 0.2) is 12.5 Å². The zero-order valence-electron chi connectivity index (χ0n) is 10.0. The Morgan fingerprint density at radius 2 is 2.13 bits per heavy atom. The van der Waals surface area contributed by atoms with E-state index in [1.165, 1.54) is 0 Å². The van der Waals surface area contributed by atoms with E-state index in [0.29, 0.717) is 18.5 Å². The molecule has 0 aliphatic carbocycles. The summed E-state index contributed by atoms with van der Waals surface area (Å²) >= 11 is 0. The van der Waals surface area contributed by atoms with Crippen LogP contribution >= 0.6 is 0 Å². The van der Waals surface area contributed by atoms with Crippen LogP contribution < -0.4 is 5.48 Å². The van der Waals surface area contributed by atoms with Gasteiger partial charge in [0.1, 0.15) is 0 Å². The Balaban J connectivity index is 2.34. The molecule has 1 aromatic rings. The summed E-state index contributed by atoms with van der Waals surface area (Å²) in [5.74, 6) is 0.549. The van der Waals surface area contributed by atoms with E-state index in [9.17, 15) is 0 Å². The topological polar surface area (TPSA) is 39.1 Å². The van der Waals surface area contributed by atoms with E-state index >= 15 is 0 Å². The van der Waals surface area contributed by atoms with Gasteiger partial charge in [-0.2, -0.15) is 5.48 Å². The lowest BCUT2D eigenvalue weighted by atomic mass is 10.2. The minimum absolute atomic E-state index is 0.439. The lowest BCUT2D eigenvalue weighted by Gasteiger charge is -2.12. The zero-order chi connectivity index (χ0) is 11.3. The van der Waals surface area contributed by atoms with Crippen LogP contribution in [0.1, 0.15) is 39.4 Å². The number of imidazole rings is 1. The highest BCUT2D eigenvalue weighted by Gasteiger charge is 2.04. The summed E-state index contributed by atoms with van der Waals surface area (Å²) < 4.78 is 2.13. The largest absolute Gasteiger partial charge is 0.331 e. The molecule has 0 saturated carbocycles. The fourth-order valence-electron chi connectivity index (χ4n) is 1.28. The molecular weight excluding hydrogens is 190 g/mol. The van der Waals surface area contributed by atoms with Gasteiger partial charge < -0.3 is 9.40 Å². The highest BCUT2D eigenvalue weighted by atomic mass is 16.6. The molecule has 0 aromatic carbocycles.